The lowest BCUT2D eigenvalue weighted by molar-refractivity contribution is -0.0412. The summed E-state index contributed by atoms with van der Waals surface area (Å²) in [5, 5.41) is 16.4. The number of carbonyl (C=O) groups is 1. The van der Waals surface area contributed by atoms with Crippen LogP contribution < -0.4 is 0 Å². The van der Waals surface area contributed by atoms with Crippen molar-refractivity contribution in [2.24, 2.45) is 0 Å². The molecule has 2 saturated heterocycles. The Balaban J connectivity index is 1.02. The largest absolute Gasteiger partial charge is 0.361 e. The summed E-state index contributed by atoms with van der Waals surface area (Å²) in [6.07, 6.45) is 11.5. The van der Waals surface area contributed by atoms with E-state index >= 15 is 0 Å². The molecule has 2 aliphatic rings. The fraction of sp³-hybridized carbons (Fsp3) is 0.300. The zero-order valence-corrected chi connectivity index (χ0v) is 21.5. The zero-order chi connectivity index (χ0) is 26.4. The number of H-pyrrole nitrogens is 1. The predicted molar refractivity (Wildman–Crippen MR) is 148 cm³/mol. The summed E-state index contributed by atoms with van der Waals surface area (Å²) in [7, 11) is 0. The summed E-state index contributed by atoms with van der Waals surface area (Å²) in [5.74, 6) is 0.0456. The van der Waals surface area contributed by atoms with Crippen LogP contribution in [0.1, 0.15) is 29.6 Å². The van der Waals surface area contributed by atoms with Crippen LogP contribution in [0.4, 0.5) is 0 Å². The van der Waals surface area contributed by atoms with Crippen molar-refractivity contribution in [1.29, 1.82) is 5.26 Å². The molecule has 1 amide bonds. The molecule has 1 N–H and O–H groups in total. The Kier molecular flexibility index (Phi) is 5.63. The first kappa shape index (κ1) is 23.6. The maximum absolute atomic E-state index is 13.2. The lowest BCUT2D eigenvalue weighted by atomic mass is 9.83. The van der Waals surface area contributed by atoms with Crippen molar-refractivity contribution < 1.29 is 4.79 Å². The van der Waals surface area contributed by atoms with Gasteiger partial charge in [-0.2, -0.15) is 10.4 Å². The van der Waals surface area contributed by atoms with Crippen LogP contribution in [0.2, 0.25) is 0 Å². The highest BCUT2D eigenvalue weighted by molar-refractivity contribution is 5.97. The van der Waals surface area contributed by atoms with Crippen LogP contribution >= 0.6 is 0 Å². The van der Waals surface area contributed by atoms with E-state index < -0.39 is 0 Å². The normalized spacial score (nSPS) is 17.8. The Labute approximate surface area is 225 Å². The number of carbonyl (C=O) groups excluding carboxylic acids is 1. The molecule has 0 unspecified atom stereocenters. The number of nitrogens with one attached hydrogen (secondary N) is 1. The quantitative estimate of drug-likeness (QED) is 0.375. The fourth-order valence-corrected chi connectivity index (χ4v) is 6.17. The Bertz CT molecular complexity index is 1720. The molecule has 0 saturated carbocycles. The molecule has 0 radical (unpaired) electrons. The molecule has 2 aliphatic heterocycles. The number of aromatic nitrogens is 5. The summed E-state index contributed by atoms with van der Waals surface area (Å²) in [4.78, 5) is 29.9. The average molecular weight is 517 g/mol. The molecule has 0 atom stereocenters. The van der Waals surface area contributed by atoms with E-state index in [0.717, 1.165) is 72.1 Å². The molecular formula is C30H28N8O. The van der Waals surface area contributed by atoms with Crippen molar-refractivity contribution in [1.82, 2.24) is 34.5 Å². The second kappa shape index (κ2) is 9.33. The van der Waals surface area contributed by atoms with Gasteiger partial charge in [0.2, 0.25) is 0 Å². The summed E-state index contributed by atoms with van der Waals surface area (Å²) >= 11 is 0. The second-order valence-corrected chi connectivity index (χ2v) is 10.7. The number of benzene rings is 1. The average Bonchev–Trinajstić information content (AvgIpc) is 3.65. The van der Waals surface area contributed by atoms with Crippen molar-refractivity contribution in [3.05, 3.63) is 79.0 Å². The number of fused-ring (bicyclic) bond motifs is 2. The number of hydrogen-bond donors (Lipinski definition) is 1. The first-order valence-electron chi connectivity index (χ1n) is 13.4. The van der Waals surface area contributed by atoms with E-state index in [1.54, 1.807) is 12.4 Å². The Morgan fingerprint density at radius 1 is 1.10 bits per heavy atom. The van der Waals surface area contributed by atoms with Gasteiger partial charge in [0, 0.05) is 78.9 Å². The van der Waals surface area contributed by atoms with Crippen LogP contribution in [0, 0.1) is 11.3 Å². The monoisotopic (exact) mass is 516 g/mol. The molecule has 2 fully saturated rings. The maximum Gasteiger partial charge on any atom is 0.255 e. The summed E-state index contributed by atoms with van der Waals surface area (Å²) in [6, 6.07) is 16.6. The highest BCUT2D eigenvalue weighted by Gasteiger charge is 2.48. The lowest BCUT2D eigenvalue weighted by Gasteiger charge is -2.53. The number of para-hydroxylation sites is 1. The number of nitriles is 1. The van der Waals surface area contributed by atoms with Gasteiger partial charge >= 0.3 is 0 Å². The zero-order valence-electron chi connectivity index (χ0n) is 21.5. The summed E-state index contributed by atoms with van der Waals surface area (Å²) in [5.41, 5.74) is 4.07. The lowest BCUT2D eigenvalue weighted by Crippen LogP contribution is -2.66. The molecule has 9 nitrogen and oxygen atoms in total. The maximum atomic E-state index is 13.2. The van der Waals surface area contributed by atoms with E-state index in [4.69, 9.17) is 5.10 Å². The van der Waals surface area contributed by atoms with Crippen LogP contribution in [0.3, 0.4) is 0 Å². The molecule has 39 heavy (non-hydrogen) atoms. The van der Waals surface area contributed by atoms with Gasteiger partial charge in [0.1, 0.15) is 5.54 Å². The van der Waals surface area contributed by atoms with Crippen LogP contribution in [-0.2, 0) is 5.54 Å². The number of pyridine rings is 2. The number of piperidine rings is 1. The van der Waals surface area contributed by atoms with Gasteiger partial charge in [-0.15, -0.1) is 0 Å². The van der Waals surface area contributed by atoms with Gasteiger partial charge in [-0.05, 0) is 37.1 Å². The Morgan fingerprint density at radius 2 is 1.95 bits per heavy atom. The number of aromatic amines is 1. The van der Waals surface area contributed by atoms with Gasteiger partial charge in [0.05, 0.1) is 35.5 Å². The fourth-order valence-electron chi connectivity index (χ4n) is 6.17. The van der Waals surface area contributed by atoms with Crippen LogP contribution in [-0.4, -0.2) is 72.7 Å². The predicted octanol–water partition coefficient (Wildman–Crippen LogP) is 4.20. The number of rotatable bonds is 5. The third-order valence-corrected chi connectivity index (χ3v) is 8.33. The van der Waals surface area contributed by atoms with E-state index in [-0.39, 0.29) is 11.4 Å². The van der Waals surface area contributed by atoms with Gasteiger partial charge in [-0.3, -0.25) is 24.3 Å². The van der Waals surface area contributed by atoms with Gasteiger partial charge in [0.25, 0.3) is 5.91 Å². The van der Waals surface area contributed by atoms with Crippen molar-refractivity contribution >= 4 is 27.7 Å². The first-order valence-corrected chi connectivity index (χ1v) is 13.4. The summed E-state index contributed by atoms with van der Waals surface area (Å²) < 4.78 is 1.97. The molecule has 0 spiro atoms. The van der Waals surface area contributed by atoms with Crippen molar-refractivity contribution in [2.45, 2.75) is 30.8 Å². The van der Waals surface area contributed by atoms with E-state index in [2.05, 4.69) is 25.9 Å². The molecule has 4 aromatic heterocycles. The van der Waals surface area contributed by atoms with Crippen molar-refractivity contribution in [3.63, 3.8) is 0 Å². The SMILES string of the molecule is N#CCC1(n2cc(-c3nccc4[nH]ccc34)cn2)CN(C2CCN(C(=O)c3cnc4ccccc4c3)CC2)C1. The minimum Gasteiger partial charge on any atom is -0.361 e. The van der Waals surface area contributed by atoms with E-state index in [1.165, 1.54) is 0 Å². The molecule has 9 heteroatoms. The molecule has 0 bridgehead atoms. The van der Waals surface area contributed by atoms with E-state index in [9.17, 15) is 10.1 Å². The highest BCUT2D eigenvalue weighted by atomic mass is 16.2. The third kappa shape index (κ3) is 4.04. The van der Waals surface area contributed by atoms with Crippen molar-refractivity contribution in [3.8, 4) is 17.3 Å². The van der Waals surface area contributed by atoms with Crippen LogP contribution in [0.25, 0.3) is 33.1 Å². The number of likely N-dealkylation sites (tertiary alicyclic amines) is 2. The molecular weight excluding hydrogens is 488 g/mol. The molecule has 1 aromatic carbocycles. The molecule has 5 aromatic rings. The van der Waals surface area contributed by atoms with E-state index in [1.807, 2.05) is 70.6 Å². The molecule has 0 aliphatic carbocycles. The van der Waals surface area contributed by atoms with Crippen LogP contribution in [0.15, 0.2) is 73.4 Å². The van der Waals surface area contributed by atoms with Gasteiger partial charge in [0.15, 0.2) is 0 Å². The number of hydrogen-bond acceptors (Lipinski definition) is 6. The second-order valence-electron chi connectivity index (χ2n) is 10.7. The van der Waals surface area contributed by atoms with E-state index in [0.29, 0.717) is 18.0 Å². The number of amides is 1. The standard InChI is InChI=1S/C30H28N8O/c31-10-9-30(38-18-23(17-35-38)28-25-5-11-32-27(25)6-12-33-28)19-37(20-30)24-7-13-36(14-8-24)29(39)22-15-21-3-1-2-4-26(21)34-16-22/h1-6,11-12,15-18,24,32H,7-9,13-14,19-20H2. The van der Waals surface area contributed by atoms with Crippen molar-refractivity contribution in [2.75, 3.05) is 26.2 Å². The molecule has 6 heterocycles. The van der Waals surface area contributed by atoms with Crippen LogP contribution in [0.5, 0.6) is 0 Å². The van der Waals surface area contributed by atoms with Gasteiger partial charge in [-0.1, -0.05) is 18.2 Å². The Morgan fingerprint density at radius 3 is 2.79 bits per heavy atom. The smallest absolute Gasteiger partial charge is 0.255 e. The topological polar surface area (TPSA) is 107 Å². The first-order chi connectivity index (χ1) is 19.1. The molecule has 194 valence electrons. The third-order valence-electron chi connectivity index (χ3n) is 8.33. The highest BCUT2D eigenvalue weighted by Crippen LogP contribution is 2.37. The minimum atomic E-state index is -0.344. The Hall–Kier alpha value is -4.55. The van der Waals surface area contributed by atoms with Gasteiger partial charge < -0.3 is 9.88 Å². The minimum absolute atomic E-state index is 0.0456. The van der Waals surface area contributed by atoms with Gasteiger partial charge in [-0.25, -0.2) is 0 Å². The number of nitrogens with zero attached hydrogens (tertiary/aromatic N) is 7. The summed E-state index contributed by atoms with van der Waals surface area (Å²) in [6.45, 7) is 2.99. The molecule has 7 rings (SSSR count).